The van der Waals surface area contributed by atoms with Crippen LogP contribution in [0.25, 0.3) is 0 Å². The smallest absolute Gasteiger partial charge is 0.0791 e. The van der Waals surface area contributed by atoms with Crippen molar-refractivity contribution in [1.29, 1.82) is 0 Å². The first-order valence-electron chi connectivity index (χ1n) is 18.8. The lowest BCUT2D eigenvalue weighted by Crippen LogP contribution is -2.70. The van der Waals surface area contributed by atoms with Crippen LogP contribution >= 0.6 is 0 Å². The highest BCUT2D eigenvalue weighted by molar-refractivity contribution is 7.13. The van der Waals surface area contributed by atoms with Crippen LogP contribution < -0.4 is 15.6 Å². The van der Waals surface area contributed by atoms with Gasteiger partial charge in [-0.25, -0.2) is 0 Å². The molecule has 0 saturated heterocycles. The minimum absolute atomic E-state index is 0.0150. The van der Waals surface area contributed by atoms with Gasteiger partial charge >= 0.3 is 0 Å². The third-order valence-corrected chi connectivity index (χ3v) is 15.8. The van der Waals surface area contributed by atoms with Crippen LogP contribution in [0.4, 0.5) is 0 Å². The van der Waals surface area contributed by atoms with Crippen molar-refractivity contribution in [3.05, 3.63) is 112 Å². The predicted octanol–water partition coefficient (Wildman–Crippen LogP) is 11.8. The number of allylic oxidation sites excluding steroid dienone is 4. The van der Waals surface area contributed by atoms with E-state index in [4.69, 9.17) is 0 Å². The maximum atomic E-state index is 2.64. The molecule has 3 aromatic carbocycles. The summed E-state index contributed by atoms with van der Waals surface area (Å²) in [6.07, 6.45) is 7.55. The van der Waals surface area contributed by atoms with E-state index >= 15 is 0 Å². The van der Waals surface area contributed by atoms with E-state index in [0.29, 0.717) is 0 Å². The van der Waals surface area contributed by atoms with Crippen molar-refractivity contribution in [1.82, 2.24) is 0 Å². The van der Waals surface area contributed by atoms with E-state index in [1.807, 2.05) is 0 Å². The van der Waals surface area contributed by atoms with Crippen molar-refractivity contribution in [3.8, 4) is 0 Å². The van der Waals surface area contributed by atoms with Crippen LogP contribution in [0.2, 0.25) is 5.54 Å². The van der Waals surface area contributed by atoms with E-state index in [-0.39, 0.29) is 38.0 Å². The summed E-state index contributed by atoms with van der Waals surface area (Å²) in [6.45, 7) is 45.2. The maximum Gasteiger partial charge on any atom is 0.158 e. The largest absolute Gasteiger partial charge is 0.158 e. The molecule has 0 aromatic heterocycles. The van der Waals surface area contributed by atoms with Crippen LogP contribution in [-0.2, 0) is 32.5 Å². The normalized spacial score (nSPS) is 16.7. The third kappa shape index (κ3) is 8.14. The highest BCUT2D eigenvalue weighted by Crippen LogP contribution is 2.39. The number of benzene rings is 3. The molecule has 1 heteroatoms. The first-order valence-corrected chi connectivity index (χ1v) is 20.9. The van der Waals surface area contributed by atoms with Crippen LogP contribution in [-0.4, -0.2) is 8.07 Å². The van der Waals surface area contributed by atoms with Crippen LogP contribution in [0.5, 0.6) is 0 Å². The average Bonchev–Trinajstić information content (AvgIpc) is 3.36. The Bertz CT molecular complexity index is 1470. The maximum absolute atomic E-state index is 2.86. The Balaban J connectivity index is 2.43. The van der Waals surface area contributed by atoms with Crippen molar-refractivity contribution < 1.29 is 0 Å². The van der Waals surface area contributed by atoms with Gasteiger partial charge in [-0.3, -0.25) is 0 Å². The number of rotatable bonds is 4. The molecule has 0 bridgehead atoms. The minimum atomic E-state index is -2.86. The summed E-state index contributed by atoms with van der Waals surface area (Å²) in [5.41, 5.74) is 10.3. The Hall–Kier alpha value is -2.64. The molecule has 266 valence electrons. The minimum Gasteiger partial charge on any atom is -0.0791 e. The second kappa shape index (κ2) is 12.5. The summed E-state index contributed by atoms with van der Waals surface area (Å²) in [6, 6.07) is 23.3. The van der Waals surface area contributed by atoms with E-state index in [9.17, 15) is 0 Å². The van der Waals surface area contributed by atoms with Gasteiger partial charge in [-0.15, -0.1) is 0 Å². The molecule has 0 amide bonds. The van der Waals surface area contributed by atoms with Gasteiger partial charge in [0.25, 0.3) is 0 Å². The lowest BCUT2D eigenvalue weighted by Gasteiger charge is -2.42. The van der Waals surface area contributed by atoms with Gasteiger partial charge in [0, 0.05) is 5.54 Å². The molecule has 0 aliphatic heterocycles. The second-order valence-corrected chi connectivity index (χ2v) is 25.5. The molecule has 0 fully saturated rings. The number of hydrogen-bond donors (Lipinski definition) is 0. The molecule has 0 nitrogen and oxygen atoms in total. The highest BCUT2D eigenvalue weighted by atomic mass is 28.3. The zero-order valence-corrected chi connectivity index (χ0v) is 36.0. The SMILES string of the molecule is CC1=CC([Si](c2cc(C(C)(C)C)cc(C(C)(C)C)c2)(c2cc(C(C)(C)C)cc(C(C)(C)C)c2)c2cc(C(C)(C)C)cc(C(C)(C)C)c2)C=C1. The molecule has 3 aromatic rings. The Kier molecular flexibility index (Phi) is 10.0. The molecule has 0 radical (unpaired) electrons. The first kappa shape index (κ1) is 39.1. The topological polar surface area (TPSA) is 0 Å². The van der Waals surface area contributed by atoms with Crippen molar-refractivity contribution >= 4 is 23.6 Å². The predicted molar refractivity (Wildman–Crippen MR) is 223 cm³/mol. The molecular weight excluding hydrogens is 605 g/mol. The zero-order chi connectivity index (χ0) is 37.3. The summed E-state index contributed by atoms with van der Waals surface area (Å²) in [5.74, 6) is 0. The number of hydrogen-bond acceptors (Lipinski definition) is 0. The molecule has 1 aliphatic rings. The van der Waals surface area contributed by atoms with E-state index in [1.54, 1.807) is 0 Å². The van der Waals surface area contributed by atoms with Gasteiger partial charge in [0.1, 0.15) is 0 Å². The first-order chi connectivity index (χ1) is 21.9. The summed E-state index contributed by atoms with van der Waals surface area (Å²) in [7, 11) is -2.86. The van der Waals surface area contributed by atoms with E-state index < -0.39 is 8.07 Å². The van der Waals surface area contributed by atoms with Gasteiger partial charge in [0.2, 0.25) is 0 Å². The molecular formula is C48H70Si. The van der Waals surface area contributed by atoms with Crippen LogP contribution in [0, 0.1) is 0 Å². The molecule has 1 unspecified atom stereocenters. The summed E-state index contributed by atoms with van der Waals surface area (Å²) < 4.78 is 0. The quantitative estimate of drug-likeness (QED) is 0.191. The molecule has 1 aliphatic carbocycles. The fourth-order valence-electron chi connectivity index (χ4n) is 7.16. The summed E-state index contributed by atoms with van der Waals surface area (Å²) >= 11 is 0. The molecule has 0 heterocycles. The van der Waals surface area contributed by atoms with E-state index in [2.05, 4.69) is 204 Å². The fourth-order valence-corrected chi connectivity index (χ4v) is 12.5. The third-order valence-electron chi connectivity index (χ3n) is 10.9. The van der Waals surface area contributed by atoms with Gasteiger partial charge in [-0.1, -0.05) is 203 Å². The molecule has 1 atom stereocenters. The molecule has 0 N–H and O–H groups in total. The van der Waals surface area contributed by atoms with Crippen LogP contribution in [0.3, 0.4) is 0 Å². The van der Waals surface area contributed by atoms with E-state index in [1.165, 1.54) is 54.5 Å². The van der Waals surface area contributed by atoms with Gasteiger partial charge < -0.3 is 0 Å². The summed E-state index contributed by atoms with van der Waals surface area (Å²) in [4.78, 5) is 0. The Labute approximate surface area is 303 Å². The molecule has 49 heavy (non-hydrogen) atoms. The van der Waals surface area contributed by atoms with E-state index in [0.717, 1.165) is 0 Å². The van der Waals surface area contributed by atoms with Gasteiger partial charge in [0.05, 0.1) is 0 Å². The van der Waals surface area contributed by atoms with Crippen molar-refractivity contribution in [2.45, 2.75) is 170 Å². The molecule has 0 spiro atoms. The summed E-state index contributed by atoms with van der Waals surface area (Å²) in [5, 5.41) is 4.59. The van der Waals surface area contributed by atoms with Crippen molar-refractivity contribution in [2.24, 2.45) is 0 Å². The van der Waals surface area contributed by atoms with Crippen molar-refractivity contribution in [3.63, 3.8) is 0 Å². The van der Waals surface area contributed by atoms with Gasteiger partial charge in [-0.05, 0) is 88.4 Å². The fraction of sp³-hybridized carbons (Fsp3) is 0.542. The Morgan fingerprint density at radius 3 is 0.755 bits per heavy atom. The molecule has 4 rings (SSSR count). The lowest BCUT2D eigenvalue weighted by molar-refractivity contribution is 0.569. The van der Waals surface area contributed by atoms with Crippen LogP contribution in [0.15, 0.2) is 78.4 Å². The van der Waals surface area contributed by atoms with Gasteiger partial charge in [-0.2, -0.15) is 0 Å². The van der Waals surface area contributed by atoms with Gasteiger partial charge in [0.15, 0.2) is 8.07 Å². The Morgan fingerprint density at radius 2 is 0.592 bits per heavy atom. The molecule has 0 saturated carbocycles. The second-order valence-electron chi connectivity index (χ2n) is 21.5. The standard InChI is InChI=1S/C48H70Si/c1-32-20-21-39(22-32)49(40-26-33(43(2,3)4)23-34(27-40)44(5,6)7,41-28-35(45(8,9)10)24-36(29-41)46(11,12)13)42-30-37(47(14,15)16)25-38(31-42)48(17,18)19/h20-31,39H,1-19H3. The Morgan fingerprint density at radius 1 is 0.367 bits per heavy atom. The lowest BCUT2D eigenvalue weighted by atomic mass is 9.80. The monoisotopic (exact) mass is 675 g/mol. The van der Waals surface area contributed by atoms with Crippen molar-refractivity contribution in [2.75, 3.05) is 0 Å². The highest BCUT2D eigenvalue weighted by Gasteiger charge is 2.48. The van der Waals surface area contributed by atoms with Crippen LogP contribution in [0.1, 0.15) is 165 Å². The zero-order valence-electron chi connectivity index (χ0n) is 35.0. The average molecular weight is 675 g/mol.